The number of methoxy groups -OCH3 is 2. The van der Waals surface area contributed by atoms with Crippen LogP contribution in [0.15, 0.2) is 42.5 Å². The second-order valence-electron chi connectivity index (χ2n) is 6.19. The summed E-state index contributed by atoms with van der Waals surface area (Å²) in [6.45, 7) is 7.12. The molecule has 0 heterocycles. The Bertz CT molecular complexity index is 627. The van der Waals surface area contributed by atoms with Gasteiger partial charge in [0.2, 0.25) is 5.75 Å². The first-order valence-corrected chi connectivity index (χ1v) is 7.39. The van der Waals surface area contributed by atoms with Gasteiger partial charge in [0.1, 0.15) is 6.61 Å². The van der Waals surface area contributed by atoms with Gasteiger partial charge < -0.3 is 14.2 Å². The average molecular weight is 300 g/mol. The lowest BCUT2D eigenvalue weighted by Gasteiger charge is -2.23. The van der Waals surface area contributed by atoms with E-state index in [2.05, 4.69) is 39.0 Å². The Morgan fingerprint density at radius 3 is 2.14 bits per heavy atom. The van der Waals surface area contributed by atoms with Crippen molar-refractivity contribution >= 4 is 0 Å². The third kappa shape index (κ3) is 3.53. The molecule has 0 fully saturated rings. The lowest BCUT2D eigenvalue weighted by atomic mass is 9.84. The van der Waals surface area contributed by atoms with Crippen molar-refractivity contribution in [1.29, 1.82) is 0 Å². The van der Waals surface area contributed by atoms with Gasteiger partial charge in [0.25, 0.3) is 0 Å². The molecule has 0 bridgehead atoms. The fraction of sp³-hybridized carbons (Fsp3) is 0.368. The minimum atomic E-state index is 0.0818. The minimum Gasteiger partial charge on any atom is -0.493 e. The summed E-state index contributed by atoms with van der Waals surface area (Å²) >= 11 is 0. The van der Waals surface area contributed by atoms with Crippen LogP contribution in [0.25, 0.3) is 0 Å². The Balaban J connectivity index is 2.25. The number of benzene rings is 2. The molecule has 0 radical (unpaired) electrons. The summed E-state index contributed by atoms with van der Waals surface area (Å²) in [5.74, 6) is 1.98. The molecule has 2 aromatic rings. The highest BCUT2D eigenvalue weighted by atomic mass is 16.5. The van der Waals surface area contributed by atoms with Crippen LogP contribution in [0, 0.1) is 0 Å². The lowest BCUT2D eigenvalue weighted by Crippen LogP contribution is -2.15. The molecule has 0 aliphatic carbocycles. The molecule has 0 N–H and O–H groups in total. The van der Waals surface area contributed by atoms with Crippen molar-refractivity contribution < 1.29 is 14.2 Å². The Labute approximate surface area is 132 Å². The zero-order chi connectivity index (χ0) is 16.2. The van der Waals surface area contributed by atoms with Gasteiger partial charge in [-0.1, -0.05) is 51.1 Å². The quantitative estimate of drug-likeness (QED) is 0.809. The van der Waals surface area contributed by atoms with Gasteiger partial charge in [-0.05, 0) is 28.7 Å². The van der Waals surface area contributed by atoms with Gasteiger partial charge in [-0.2, -0.15) is 0 Å². The maximum absolute atomic E-state index is 5.99. The molecule has 0 aliphatic heterocycles. The molecule has 3 heteroatoms. The van der Waals surface area contributed by atoms with E-state index in [9.17, 15) is 0 Å². The smallest absolute Gasteiger partial charge is 0.203 e. The Morgan fingerprint density at radius 1 is 0.818 bits per heavy atom. The van der Waals surface area contributed by atoms with Gasteiger partial charge in [-0.25, -0.2) is 0 Å². The van der Waals surface area contributed by atoms with E-state index in [-0.39, 0.29) is 5.41 Å². The maximum Gasteiger partial charge on any atom is 0.203 e. The van der Waals surface area contributed by atoms with Crippen LogP contribution in [0.1, 0.15) is 31.9 Å². The van der Waals surface area contributed by atoms with Crippen molar-refractivity contribution in [3.8, 4) is 17.2 Å². The summed E-state index contributed by atoms with van der Waals surface area (Å²) in [6.07, 6.45) is 0. The summed E-state index contributed by atoms with van der Waals surface area (Å²) in [7, 11) is 3.24. The predicted octanol–water partition coefficient (Wildman–Crippen LogP) is 4.58. The SMILES string of the molecule is COc1cccc(OCc2ccccc2C(C)(C)C)c1OC. The molecule has 118 valence electrons. The first-order chi connectivity index (χ1) is 10.5. The van der Waals surface area contributed by atoms with E-state index in [1.807, 2.05) is 24.3 Å². The molecule has 0 saturated carbocycles. The topological polar surface area (TPSA) is 27.7 Å². The van der Waals surface area contributed by atoms with Crippen LogP contribution in [0.2, 0.25) is 0 Å². The number of ether oxygens (including phenoxy) is 3. The largest absolute Gasteiger partial charge is 0.493 e. The number of para-hydroxylation sites is 1. The number of hydrogen-bond acceptors (Lipinski definition) is 3. The van der Waals surface area contributed by atoms with Crippen molar-refractivity contribution in [2.24, 2.45) is 0 Å². The van der Waals surface area contributed by atoms with Gasteiger partial charge in [0, 0.05) is 0 Å². The summed E-state index contributed by atoms with van der Waals surface area (Å²) in [6, 6.07) is 14.0. The van der Waals surface area contributed by atoms with Gasteiger partial charge in [0.15, 0.2) is 11.5 Å². The van der Waals surface area contributed by atoms with Crippen molar-refractivity contribution in [3.05, 3.63) is 53.6 Å². The van der Waals surface area contributed by atoms with Crippen molar-refractivity contribution in [1.82, 2.24) is 0 Å². The molecule has 0 spiro atoms. The zero-order valence-corrected chi connectivity index (χ0v) is 14.0. The molecule has 0 aliphatic rings. The van der Waals surface area contributed by atoms with E-state index in [0.717, 1.165) is 0 Å². The summed E-state index contributed by atoms with van der Waals surface area (Å²) < 4.78 is 16.7. The molecule has 3 nitrogen and oxygen atoms in total. The first kappa shape index (κ1) is 16.2. The zero-order valence-electron chi connectivity index (χ0n) is 14.0. The van der Waals surface area contributed by atoms with Gasteiger partial charge in [-0.15, -0.1) is 0 Å². The molecule has 0 saturated heterocycles. The van der Waals surface area contributed by atoms with Crippen LogP contribution in [0.4, 0.5) is 0 Å². The molecule has 0 atom stereocenters. The summed E-state index contributed by atoms with van der Waals surface area (Å²) in [5.41, 5.74) is 2.55. The standard InChI is InChI=1S/C19H24O3/c1-19(2,3)15-10-7-6-9-14(15)13-22-17-12-8-11-16(20-4)18(17)21-5/h6-12H,13H2,1-5H3. The molecule has 0 unspecified atom stereocenters. The van der Waals surface area contributed by atoms with Gasteiger partial charge in [0.05, 0.1) is 14.2 Å². The highest BCUT2D eigenvalue weighted by molar-refractivity contribution is 5.51. The second kappa shape index (κ2) is 6.73. The van der Waals surface area contributed by atoms with Crippen LogP contribution >= 0.6 is 0 Å². The monoisotopic (exact) mass is 300 g/mol. The third-order valence-corrected chi connectivity index (χ3v) is 3.58. The second-order valence-corrected chi connectivity index (χ2v) is 6.19. The van der Waals surface area contributed by atoms with Gasteiger partial charge >= 0.3 is 0 Å². The molecule has 0 amide bonds. The highest BCUT2D eigenvalue weighted by Crippen LogP contribution is 2.37. The van der Waals surface area contributed by atoms with E-state index in [0.29, 0.717) is 23.9 Å². The van der Waals surface area contributed by atoms with E-state index < -0.39 is 0 Å². The highest BCUT2D eigenvalue weighted by Gasteiger charge is 2.18. The molecule has 2 aromatic carbocycles. The normalized spacial score (nSPS) is 11.1. The fourth-order valence-corrected chi connectivity index (χ4v) is 2.50. The molecule has 2 rings (SSSR count). The predicted molar refractivity (Wildman–Crippen MR) is 89.0 cm³/mol. The first-order valence-electron chi connectivity index (χ1n) is 7.39. The average Bonchev–Trinajstić information content (AvgIpc) is 2.51. The fourth-order valence-electron chi connectivity index (χ4n) is 2.50. The molecule has 0 aromatic heterocycles. The van der Waals surface area contributed by atoms with E-state index in [4.69, 9.17) is 14.2 Å². The van der Waals surface area contributed by atoms with E-state index in [1.54, 1.807) is 14.2 Å². The van der Waals surface area contributed by atoms with Crippen molar-refractivity contribution in [3.63, 3.8) is 0 Å². The van der Waals surface area contributed by atoms with E-state index in [1.165, 1.54) is 11.1 Å². The summed E-state index contributed by atoms with van der Waals surface area (Å²) in [5, 5.41) is 0. The third-order valence-electron chi connectivity index (χ3n) is 3.58. The van der Waals surface area contributed by atoms with Crippen molar-refractivity contribution in [2.75, 3.05) is 14.2 Å². The summed E-state index contributed by atoms with van der Waals surface area (Å²) in [4.78, 5) is 0. The van der Waals surface area contributed by atoms with Crippen LogP contribution in [-0.2, 0) is 12.0 Å². The minimum absolute atomic E-state index is 0.0818. The number of hydrogen-bond donors (Lipinski definition) is 0. The Hall–Kier alpha value is -2.16. The molecule has 22 heavy (non-hydrogen) atoms. The maximum atomic E-state index is 5.99. The molecular weight excluding hydrogens is 276 g/mol. The molecular formula is C19H24O3. The van der Waals surface area contributed by atoms with Crippen LogP contribution in [0.5, 0.6) is 17.2 Å². The van der Waals surface area contributed by atoms with Crippen molar-refractivity contribution in [2.45, 2.75) is 32.8 Å². The van der Waals surface area contributed by atoms with Crippen LogP contribution in [-0.4, -0.2) is 14.2 Å². The lowest BCUT2D eigenvalue weighted by molar-refractivity contribution is 0.273. The Kier molecular flexibility index (Phi) is 4.96. The van der Waals surface area contributed by atoms with Gasteiger partial charge in [-0.3, -0.25) is 0 Å². The van der Waals surface area contributed by atoms with Crippen LogP contribution < -0.4 is 14.2 Å². The number of rotatable bonds is 5. The van der Waals surface area contributed by atoms with E-state index >= 15 is 0 Å². The van der Waals surface area contributed by atoms with Crippen LogP contribution in [0.3, 0.4) is 0 Å². The Morgan fingerprint density at radius 2 is 1.50 bits per heavy atom.